The molecule has 0 spiro atoms. The van der Waals surface area contributed by atoms with Crippen LogP contribution in [0.15, 0.2) is 36.4 Å². The highest BCUT2D eigenvalue weighted by Crippen LogP contribution is 2.29. The average Bonchev–Trinajstić information content (AvgIpc) is 2.33. The highest BCUT2D eigenvalue weighted by molar-refractivity contribution is 5.89. The Kier molecular flexibility index (Phi) is 3.42. The van der Waals surface area contributed by atoms with Gasteiger partial charge in [0.05, 0.1) is 0 Å². The lowest BCUT2D eigenvalue weighted by molar-refractivity contribution is 0.195. The van der Waals surface area contributed by atoms with E-state index in [-0.39, 0.29) is 0 Å². The first-order valence-electron chi connectivity index (χ1n) is 5.51. The number of phenols is 1. The van der Waals surface area contributed by atoms with Crippen LogP contribution in [0, 0.1) is 0 Å². The predicted molar refractivity (Wildman–Crippen MR) is 65.8 cm³/mol. The van der Waals surface area contributed by atoms with Crippen LogP contribution in [0.4, 0.5) is 0 Å². The monoisotopic (exact) mass is 216 g/mol. The van der Waals surface area contributed by atoms with Crippen LogP contribution in [0.3, 0.4) is 0 Å². The molecule has 0 unspecified atom stereocenters. The molecule has 0 aliphatic carbocycles. The zero-order valence-corrected chi connectivity index (χ0v) is 9.44. The summed E-state index contributed by atoms with van der Waals surface area (Å²) in [5.74, 6) is 0.411. The van der Waals surface area contributed by atoms with Gasteiger partial charge in [0.1, 0.15) is 5.75 Å². The summed E-state index contributed by atoms with van der Waals surface area (Å²) in [5, 5.41) is 12.1. The van der Waals surface area contributed by atoms with Crippen LogP contribution in [-0.4, -0.2) is 18.8 Å². The quantitative estimate of drug-likeness (QED) is 0.796. The van der Waals surface area contributed by atoms with Gasteiger partial charge in [-0.2, -0.15) is 0 Å². The molecule has 16 heavy (non-hydrogen) atoms. The second-order valence-corrected chi connectivity index (χ2v) is 3.89. The molecule has 0 aromatic heterocycles. The second kappa shape index (κ2) is 4.99. The molecule has 0 heterocycles. The fraction of sp³-hybridized carbons (Fsp3) is 0.286. The molecule has 2 heteroatoms. The zero-order chi connectivity index (χ0) is 11.4. The van der Waals surface area contributed by atoms with Crippen LogP contribution >= 0.6 is 0 Å². The SMILES string of the molecule is COCCCc1ccc2ccccc2c1O. The van der Waals surface area contributed by atoms with E-state index < -0.39 is 0 Å². The number of hydrogen-bond acceptors (Lipinski definition) is 2. The van der Waals surface area contributed by atoms with Crippen molar-refractivity contribution in [2.45, 2.75) is 12.8 Å². The lowest BCUT2D eigenvalue weighted by atomic mass is 10.0. The summed E-state index contributed by atoms with van der Waals surface area (Å²) in [6.07, 6.45) is 1.78. The normalized spacial score (nSPS) is 10.8. The van der Waals surface area contributed by atoms with E-state index in [0.29, 0.717) is 5.75 Å². The number of phenolic OH excluding ortho intramolecular Hbond substituents is 1. The molecule has 0 atom stereocenters. The van der Waals surface area contributed by atoms with Crippen molar-refractivity contribution < 1.29 is 9.84 Å². The summed E-state index contributed by atoms with van der Waals surface area (Å²) < 4.78 is 5.01. The minimum atomic E-state index is 0.411. The Morgan fingerprint density at radius 2 is 1.94 bits per heavy atom. The van der Waals surface area contributed by atoms with Crippen molar-refractivity contribution in [3.05, 3.63) is 42.0 Å². The Balaban J connectivity index is 2.29. The summed E-state index contributed by atoms with van der Waals surface area (Å²) in [7, 11) is 1.69. The molecule has 0 aliphatic rings. The smallest absolute Gasteiger partial charge is 0.126 e. The highest BCUT2D eigenvalue weighted by Gasteiger charge is 2.05. The number of rotatable bonds is 4. The molecular weight excluding hydrogens is 200 g/mol. The largest absolute Gasteiger partial charge is 0.507 e. The summed E-state index contributed by atoms with van der Waals surface area (Å²) in [6, 6.07) is 11.9. The van der Waals surface area contributed by atoms with Crippen molar-refractivity contribution in [3.8, 4) is 5.75 Å². The number of aryl methyl sites for hydroxylation is 1. The molecular formula is C14H16O2. The maximum absolute atomic E-state index is 10.1. The van der Waals surface area contributed by atoms with E-state index in [9.17, 15) is 5.11 Å². The number of methoxy groups -OCH3 is 1. The summed E-state index contributed by atoms with van der Waals surface area (Å²) >= 11 is 0. The molecule has 1 N–H and O–H groups in total. The van der Waals surface area contributed by atoms with Crippen LogP contribution in [0.1, 0.15) is 12.0 Å². The van der Waals surface area contributed by atoms with E-state index in [4.69, 9.17) is 4.74 Å². The van der Waals surface area contributed by atoms with Gasteiger partial charge in [0.2, 0.25) is 0 Å². The maximum atomic E-state index is 10.1. The molecule has 2 aromatic rings. The third-order valence-corrected chi connectivity index (χ3v) is 2.78. The van der Waals surface area contributed by atoms with Crippen molar-refractivity contribution in [1.29, 1.82) is 0 Å². The Morgan fingerprint density at radius 1 is 1.12 bits per heavy atom. The number of aromatic hydroxyl groups is 1. The zero-order valence-electron chi connectivity index (χ0n) is 9.44. The van der Waals surface area contributed by atoms with Crippen LogP contribution in [-0.2, 0) is 11.2 Å². The van der Waals surface area contributed by atoms with Gasteiger partial charge in [-0.1, -0.05) is 36.4 Å². The minimum Gasteiger partial charge on any atom is -0.507 e. The summed E-state index contributed by atoms with van der Waals surface area (Å²) in [5.41, 5.74) is 0.996. The lowest BCUT2D eigenvalue weighted by Crippen LogP contribution is -1.93. The van der Waals surface area contributed by atoms with E-state index in [1.165, 1.54) is 0 Å². The van der Waals surface area contributed by atoms with Gasteiger partial charge >= 0.3 is 0 Å². The predicted octanol–water partition coefficient (Wildman–Crippen LogP) is 3.12. The molecule has 0 amide bonds. The highest BCUT2D eigenvalue weighted by atomic mass is 16.5. The molecule has 0 fully saturated rings. The Morgan fingerprint density at radius 3 is 2.75 bits per heavy atom. The van der Waals surface area contributed by atoms with Crippen LogP contribution in [0.25, 0.3) is 10.8 Å². The lowest BCUT2D eigenvalue weighted by Gasteiger charge is -2.07. The molecule has 0 aliphatic heterocycles. The Labute approximate surface area is 95.5 Å². The molecule has 0 radical (unpaired) electrons. The first-order chi connectivity index (χ1) is 7.83. The Hall–Kier alpha value is -1.54. The standard InChI is InChI=1S/C14H16O2/c1-16-10-4-6-12-9-8-11-5-2-3-7-13(11)14(12)15/h2-3,5,7-9,15H,4,6,10H2,1H3. The van der Waals surface area contributed by atoms with Crippen molar-refractivity contribution in [2.24, 2.45) is 0 Å². The van der Waals surface area contributed by atoms with E-state index in [0.717, 1.165) is 35.8 Å². The second-order valence-electron chi connectivity index (χ2n) is 3.89. The molecule has 0 saturated carbocycles. The van der Waals surface area contributed by atoms with Gasteiger partial charge in [-0.25, -0.2) is 0 Å². The van der Waals surface area contributed by atoms with E-state index in [2.05, 4.69) is 6.07 Å². The topological polar surface area (TPSA) is 29.5 Å². The van der Waals surface area contributed by atoms with E-state index in [1.54, 1.807) is 7.11 Å². The third-order valence-electron chi connectivity index (χ3n) is 2.78. The van der Waals surface area contributed by atoms with E-state index >= 15 is 0 Å². The number of fused-ring (bicyclic) bond motifs is 1. The van der Waals surface area contributed by atoms with E-state index in [1.807, 2.05) is 30.3 Å². The molecule has 2 nitrogen and oxygen atoms in total. The van der Waals surface area contributed by atoms with Crippen molar-refractivity contribution >= 4 is 10.8 Å². The van der Waals surface area contributed by atoms with Gasteiger partial charge < -0.3 is 9.84 Å². The average molecular weight is 216 g/mol. The first-order valence-corrected chi connectivity index (χ1v) is 5.51. The van der Waals surface area contributed by atoms with Gasteiger partial charge in [-0.3, -0.25) is 0 Å². The summed E-state index contributed by atoms with van der Waals surface area (Å²) in [6.45, 7) is 0.728. The molecule has 2 rings (SSSR count). The van der Waals surface area contributed by atoms with Gasteiger partial charge in [0.25, 0.3) is 0 Å². The Bertz CT molecular complexity index is 477. The van der Waals surface area contributed by atoms with Crippen LogP contribution in [0.2, 0.25) is 0 Å². The molecule has 84 valence electrons. The maximum Gasteiger partial charge on any atom is 0.126 e. The number of ether oxygens (including phenoxy) is 1. The molecule has 0 bridgehead atoms. The third kappa shape index (κ3) is 2.17. The van der Waals surface area contributed by atoms with Crippen molar-refractivity contribution in [2.75, 3.05) is 13.7 Å². The van der Waals surface area contributed by atoms with Gasteiger partial charge in [0, 0.05) is 19.1 Å². The van der Waals surface area contributed by atoms with Gasteiger partial charge in [0.15, 0.2) is 0 Å². The van der Waals surface area contributed by atoms with Crippen molar-refractivity contribution in [3.63, 3.8) is 0 Å². The van der Waals surface area contributed by atoms with Gasteiger partial charge in [-0.15, -0.1) is 0 Å². The number of benzene rings is 2. The van der Waals surface area contributed by atoms with Crippen LogP contribution in [0.5, 0.6) is 5.75 Å². The fourth-order valence-corrected chi connectivity index (χ4v) is 1.91. The minimum absolute atomic E-state index is 0.411. The first kappa shape index (κ1) is 11.0. The van der Waals surface area contributed by atoms with Gasteiger partial charge in [-0.05, 0) is 23.8 Å². The fourth-order valence-electron chi connectivity index (χ4n) is 1.91. The van der Waals surface area contributed by atoms with Crippen LogP contribution < -0.4 is 0 Å². The molecule has 2 aromatic carbocycles. The van der Waals surface area contributed by atoms with Crippen molar-refractivity contribution in [1.82, 2.24) is 0 Å². The number of hydrogen-bond donors (Lipinski definition) is 1. The molecule has 0 saturated heterocycles. The summed E-state index contributed by atoms with van der Waals surface area (Å²) in [4.78, 5) is 0.